The molecule has 3 heterocycles. The largest absolute Gasteiger partial charge is 0.384 e. The van der Waals surface area contributed by atoms with Gasteiger partial charge in [0.1, 0.15) is 11.9 Å². The molecule has 0 aliphatic carbocycles. The number of amides is 3. The monoisotopic (exact) mass is 502 g/mol. The number of carbonyl (C=O) groups excluding carboxylic acids is 3. The van der Waals surface area contributed by atoms with Crippen molar-refractivity contribution in [1.82, 2.24) is 19.7 Å². The number of aryl methyl sites for hydroxylation is 2. The molecule has 1 fully saturated rings. The molecule has 3 aromatic rings. The van der Waals surface area contributed by atoms with E-state index in [2.05, 4.69) is 29.1 Å². The van der Waals surface area contributed by atoms with Crippen LogP contribution >= 0.6 is 0 Å². The molecular formula is C28H34N6O3. The Hall–Kier alpha value is -4.01. The quantitative estimate of drug-likeness (QED) is 0.450. The molecule has 0 saturated carbocycles. The number of nitrogens with two attached hydrogens (primary N) is 1. The normalized spacial score (nSPS) is 17.8. The summed E-state index contributed by atoms with van der Waals surface area (Å²) in [6.07, 6.45) is 6.97. The fraction of sp³-hybridized carbons (Fsp3) is 0.393. The number of anilines is 2. The molecule has 1 aliphatic rings. The van der Waals surface area contributed by atoms with Gasteiger partial charge in [-0.2, -0.15) is 5.10 Å². The number of likely N-dealkylation sites (N-methyl/N-ethyl adjacent to an activating group) is 1. The number of hydrogen-bond donors (Lipinski definition) is 1. The number of hydrogen-bond acceptors (Lipinski definition) is 6. The summed E-state index contributed by atoms with van der Waals surface area (Å²) in [6.45, 7) is 4.12. The minimum absolute atomic E-state index is 0.0438. The van der Waals surface area contributed by atoms with Gasteiger partial charge in [0.05, 0.1) is 17.8 Å². The summed E-state index contributed by atoms with van der Waals surface area (Å²) in [6, 6.07) is 10.8. The minimum atomic E-state index is -0.904. The summed E-state index contributed by atoms with van der Waals surface area (Å²) >= 11 is 0. The van der Waals surface area contributed by atoms with E-state index in [1.807, 2.05) is 19.1 Å². The van der Waals surface area contributed by atoms with Gasteiger partial charge in [0.25, 0.3) is 5.91 Å². The Balaban J connectivity index is 1.59. The topological polar surface area (TPSA) is 114 Å². The zero-order valence-corrected chi connectivity index (χ0v) is 21.8. The molecule has 0 bridgehead atoms. The Morgan fingerprint density at radius 1 is 1.16 bits per heavy atom. The van der Waals surface area contributed by atoms with Crippen molar-refractivity contribution in [2.45, 2.75) is 51.5 Å². The van der Waals surface area contributed by atoms with Gasteiger partial charge in [-0.25, -0.2) is 4.98 Å². The molecule has 0 unspecified atom stereocenters. The lowest BCUT2D eigenvalue weighted by molar-refractivity contribution is -0.170. The molecule has 2 aromatic heterocycles. The van der Waals surface area contributed by atoms with Gasteiger partial charge in [-0.05, 0) is 54.0 Å². The van der Waals surface area contributed by atoms with Crippen LogP contribution in [0.15, 0.2) is 55.0 Å². The zero-order valence-electron chi connectivity index (χ0n) is 21.8. The number of carbonyl (C=O) groups is 3. The Morgan fingerprint density at radius 3 is 2.59 bits per heavy atom. The summed E-state index contributed by atoms with van der Waals surface area (Å²) in [5.74, 6) is -1.36. The van der Waals surface area contributed by atoms with Gasteiger partial charge in [0.15, 0.2) is 0 Å². The number of rotatable bonds is 9. The highest BCUT2D eigenvalue weighted by molar-refractivity contribution is 6.12. The number of imide groups is 1. The molecular weight excluding hydrogens is 468 g/mol. The van der Waals surface area contributed by atoms with Crippen molar-refractivity contribution >= 4 is 29.2 Å². The number of β-lactam (4-membered cyclic amide) rings is 1. The highest BCUT2D eigenvalue weighted by Gasteiger charge is 2.55. The molecule has 9 heteroatoms. The van der Waals surface area contributed by atoms with Gasteiger partial charge in [-0.1, -0.05) is 38.1 Å². The fourth-order valence-corrected chi connectivity index (χ4v) is 4.96. The molecule has 37 heavy (non-hydrogen) atoms. The molecule has 3 atom stereocenters. The van der Waals surface area contributed by atoms with E-state index in [9.17, 15) is 14.4 Å². The van der Waals surface area contributed by atoms with E-state index >= 15 is 0 Å². The summed E-state index contributed by atoms with van der Waals surface area (Å²) in [5.41, 5.74) is 9.48. The summed E-state index contributed by atoms with van der Waals surface area (Å²) in [5, 5.41) is 4.14. The van der Waals surface area contributed by atoms with E-state index in [-0.39, 0.29) is 30.1 Å². The average molecular weight is 503 g/mol. The lowest BCUT2D eigenvalue weighted by atomic mass is 9.80. The maximum Gasteiger partial charge on any atom is 0.250 e. The summed E-state index contributed by atoms with van der Waals surface area (Å²) in [7, 11) is 3.40. The van der Waals surface area contributed by atoms with E-state index in [0.717, 1.165) is 28.9 Å². The molecule has 1 saturated heterocycles. The average Bonchev–Trinajstić information content (AvgIpc) is 3.34. The SMILES string of the molecule is CCc1cccc([C@@H](CC)CC(=O)N2C(=O)[C@H](Cc3ccnc(N)c3)[C@H]2C(=O)N(C)c2cnn(C)c2)c1. The lowest BCUT2D eigenvalue weighted by Crippen LogP contribution is -2.69. The third kappa shape index (κ3) is 5.40. The van der Waals surface area contributed by atoms with Crippen molar-refractivity contribution in [2.24, 2.45) is 13.0 Å². The van der Waals surface area contributed by atoms with Gasteiger partial charge < -0.3 is 10.6 Å². The fourth-order valence-electron chi connectivity index (χ4n) is 4.96. The molecule has 2 N–H and O–H groups in total. The summed E-state index contributed by atoms with van der Waals surface area (Å²) < 4.78 is 1.60. The second kappa shape index (κ2) is 10.9. The molecule has 1 aliphatic heterocycles. The van der Waals surface area contributed by atoms with Crippen LogP contribution in [0, 0.1) is 5.92 Å². The highest BCUT2D eigenvalue weighted by Crippen LogP contribution is 2.35. The Labute approximate surface area is 217 Å². The summed E-state index contributed by atoms with van der Waals surface area (Å²) in [4.78, 5) is 47.2. The van der Waals surface area contributed by atoms with E-state index < -0.39 is 12.0 Å². The van der Waals surface area contributed by atoms with Crippen LogP contribution in [0.5, 0.6) is 0 Å². The van der Waals surface area contributed by atoms with E-state index in [4.69, 9.17) is 5.73 Å². The first-order valence-electron chi connectivity index (χ1n) is 12.6. The molecule has 3 amide bonds. The second-order valence-corrected chi connectivity index (χ2v) is 9.62. The third-order valence-electron chi connectivity index (χ3n) is 7.19. The van der Waals surface area contributed by atoms with Crippen molar-refractivity contribution in [3.05, 3.63) is 71.7 Å². The van der Waals surface area contributed by atoms with Crippen molar-refractivity contribution in [3.63, 3.8) is 0 Å². The minimum Gasteiger partial charge on any atom is -0.384 e. The zero-order chi connectivity index (χ0) is 26.7. The maximum absolute atomic E-state index is 13.7. The third-order valence-corrected chi connectivity index (χ3v) is 7.19. The van der Waals surface area contributed by atoms with E-state index in [1.54, 1.807) is 49.5 Å². The Kier molecular flexibility index (Phi) is 7.71. The van der Waals surface area contributed by atoms with Gasteiger partial charge in [-0.15, -0.1) is 0 Å². The van der Waals surface area contributed by atoms with Gasteiger partial charge >= 0.3 is 0 Å². The Morgan fingerprint density at radius 2 is 1.95 bits per heavy atom. The van der Waals surface area contributed by atoms with Gasteiger partial charge in [0, 0.05) is 32.9 Å². The number of pyridine rings is 1. The smallest absolute Gasteiger partial charge is 0.250 e. The first-order valence-corrected chi connectivity index (χ1v) is 12.6. The van der Waals surface area contributed by atoms with Crippen molar-refractivity contribution < 1.29 is 14.4 Å². The van der Waals surface area contributed by atoms with Crippen molar-refractivity contribution in [3.8, 4) is 0 Å². The van der Waals surface area contributed by atoms with Crippen molar-refractivity contribution in [1.29, 1.82) is 0 Å². The van der Waals surface area contributed by atoms with E-state index in [0.29, 0.717) is 17.9 Å². The predicted molar refractivity (Wildman–Crippen MR) is 142 cm³/mol. The molecule has 0 radical (unpaired) electrons. The van der Waals surface area contributed by atoms with Crippen LogP contribution in [0.2, 0.25) is 0 Å². The number of nitrogen functional groups attached to an aromatic ring is 1. The molecule has 194 valence electrons. The predicted octanol–water partition coefficient (Wildman–Crippen LogP) is 3.10. The second-order valence-electron chi connectivity index (χ2n) is 9.62. The van der Waals surface area contributed by atoms with Crippen LogP contribution in [0.4, 0.5) is 11.5 Å². The van der Waals surface area contributed by atoms with Gasteiger partial charge in [-0.3, -0.25) is 24.0 Å². The standard InChI is InChI=1S/C28H34N6O3/c1-5-18-8-7-9-21(12-18)20(6-2)15-25(35)34-26(28(37)33(4)22-16-31-32(3)17-22)23(27(34)36)13-19-10-11-30-24(29)14-19/h7-12,14,16-17,20,23,26H,5-6,13,15H2,1-4H3,(H2,29,30)/t20-,23+,26-/m0/s1. The maximum atomic E-state index is 13.7. The first kappa shape index (κ1) is 26.1. The lowest BCUT2D eigenvalue weighted by Gasteiger charge is -2.46. The van der Waals surface area contributed by atoms with Crippen molar-refractivity contribution in [2.75, 3.05) is 17.7 Å². The van der Waals surface area contributed by atoms with Crippen LogP contribution in [0.1, 0.15) is 49.3 Å². The van der Waals surface area contributed by atoms with Gasteiger partial charge in [0.2, 0.25) is 11.8 Å². The van der Waals surface area contributed by atoms with Crippen LogP contribution in [0.25, 0.3) is 0 Å². The number of likely N-dealkylation sites (tertiary alicyclic amines) is 1. The number of aromatic nitrogens is 3. The molecule has 1 aromatic carbocycles. The molecule has 0 spiro atoms. The first-order chi connectivity index (χ1) is 17.7. The van der Waals surface area contributed by atoms with Crippen LogP contribution in [-0.4, -0.2) is 50.5 Å². The number of nitrogens with zero attached hydrogens (tertiary/aromatic N) is 5. The molecule has 4 rings (SSSR count). The van der Waals surface area contributed by atoms with Crippen LogP contribution in [-0.2, 0) is 34.3 Å². The Bertz CT molecular complexity index is 1300. The van der Waals surface area contributed by atoms with Crippen LogP contribution < -0.4 is 10.6 Å². The number of benzene rings is 1. The molecule has 9 nitrogen and oxygen atoms in total. The van der Waals surface area contributed by atoms with E-state index in [1.165, 1.54) is 10.5 Å². The van der Waals surface area contributed by atoms with Crippen LogP contribution in [0.3, 0.4) is 0 Å². The highest BCUT2D eigenvalue weighted by atomic mass is 16.2.